The number of amides is 1. The second-order valence-corrected chi connectivity index (χ2v) is 10.0. The van der Waals surface area contributed by atoms with E-state index in [1.54, 1.807) is 12.1 Å². The van der Waals surface area contributed by atoms with Gasteiger partial charge in [0.05, 0.1) is 10.8 Å². The van der Waals surface area contributed by atoms with Crippen molar-refractivity contribution in [3.05, 3.63) is 87.6 Å². The zero-order valence-electron chi connectivity index (χ0n) is 18.8. The van der Waals surface area contributed by atoms with Crippen LogP contribution in [-0.4, -0.2) is 16.1 Å². The second kappa shape index (κ2) is 10.4. The van der Waals surface area contributed by atoms with Crippen molar-refractivity contribution in [2.24, 2.45) is 0 Å². The van der Waals surface area contributed by atoms with Crippen LogP contribution in [0.15, 0.2) is 59.6 Å². The molecule has 1 heterocycles. The Bertz CT molecular complexity index is 1210. The van der Waals surface area contributed by atoms with Crippen LogP contribution in [0.25, 0.3) is 0 Å². The van der Waals surface area contributed by atoms with Gasteiger partial charge in [0.25, 0.3) is 0 Å². The molecule has 0 saturated heterocycles. The van der Waals surface area contributed by atoms with Gasteiger partial charge in [-0.3, -0.25) is 4.79 Å². The lowest BCUT2D eigenvalue weighted by molar-refractivity contribution is -0.115. The number of thioether (sulfide) groups is 1. The fourth-order valence-corrected chi connectivity index (χ4v) is 5.39. The van der Waals surface area contributed by atoms with Gasteiger partial charge < -0.3 is 5.32 Å². The quantitative estimate of drug-likeness (QED) is 0.403. The summed E-state index contributed by atoms with van der Waals surface area (Å²) in [5.41, 5.74) is 5.71. The van der Waals surface area contributed by atoms with Gasteiger partial charge in [0.1, 0.15) is 11.1 Å². The van der Waals surface area contributed by atoms with Crippen molar-refractivity contribution >= 4 is 35.0 Å². The maximum atomic E-state index is 13.0. The Labute approximate surface area is 204 Å². The van der Waals surface area contributed by atoms with Crippen LogP contribution in [0.4, 0.5) is 5.69 Å². The van der Waals surface area contributed by atoms with E-state index in [9.17, 15) is 10.1 Å². The van der Waals surface area contributed by atoms with E-state index >= 15 is 0 Å². The molecule has 4 rings (SSSR count). The predicted molar refractivity (Wildman–Crippen MR) is 135 cm³/mol. The van der Waals surface area contributed by atoms with Crippen LogP contribution in [0.2, 0.25) is 5.02 Å². The molecule has 0 spiro atoms. The Balaban J connectivity index is 1.53. The summed E-state index contributed by atoms with van der Waals surface area (Å²) in [5, 5.41) is 13.7. The molecule has 0 fully saturated rings. The van der Waals surface area contributed by atoms with E-state index in [4.69, 9.17) is 16.6 Å². The number of pyridine rings is 1. The third-order valence-corrected chi connectivity index (χ3v) is 7.72. The number of nitrogens with one attached hydrogen (secondary N) is 1. The van der Waals surface area contributed by atoms with Crippen LogP contribution in [0.5, 0.6) is 0 Å². The Morgan fingerprint density at radius 2 is 2.06 bits per heavy atom. The monoisotopic (exact) mass is 475 g/mol. The lowest BCUT2D eigenvalue weighted by Gasteiger charge is -2.25. The third kappa shape index (κ3) is 5.40. The summed E-state index contributed by atoms with van der Waals surface area (Å²) in [5.74, 6) is 0.334. The lowest BCUT2D eigenvalue weighted by atomic mass is 9.82. The molecule has 1 N–H and O–H groups in total. The van der Waals surface area contributed by atoms with Crippen LogP contribution in [0.3, 0.4) is 0 Å². The minimum Gasteiger partial charge on any atom is -0.325 e. The molecule has 2 aromatic carbocycles. The average molecular weight is 476 g/mol. The van der Waals surface area contributed by atoms with Crippen LogP contribution < -0.4 is 5.32 Å². The summed E-state index contributed by atoms with van der Waals surface area (Å²) in [7, 11) is 0. The number of halogens is 1. The zero-order valence-corrected chi connectivity index (χ0v) is 20.3. The maximum absolute atomic E-state index is 13.0. The minimum absolute atomic E-state index is 0.111. The second-order valence-electron chi connectivity index (χ2n) is 8.37. The number of hydrogen-bond acceptors (Lipinski definition) is 4. The normalized spacial score (nSPS) is 15.9. The number of carbonyl (C=O) groups excluding carboxylic acids is 1. The van der Waals surface area contributed by atoms with E-state index in [0.29, 0.717) is 33.6 Å². The molecule has 1 amide bonds. The largest absolute Gasteiger partial charge is 0.325 e. The Morgan fingerprint density at radius 1 is 1.27 bits per heavy atom. The van der Waals surface area contributed by atoms with Crippen LogP contribution in [0, 0.1) is 18.3 Å². The number of nitriles is 1. The molecule has 0 bridgehead atoms. The number of aryl methyl sites for hydroxylation is 2. The van der Waals surface area contributed by atoms with E-state index < -0.39 is 0 Å². The number of aromatic nitrogens is 1. The standard InChI is InChI=1S/C27H26ClN3OS/c1-3-25(26(32)30-24-15-22(28)11-9-17(24)2)33-27-21(16-29)14-20-13-19(10-12-23(20)31-27)18-7-5-4-6-8-18/h4-9,11,14-15,19,25H,3,10,12-13H2,1-2H3,(H,30,32). The van der Waals surface area contributed by atoms with Gasteiger partial charge in [0.15, 0.2) is 0 Å². The van der Waals surface area contributed by atoms with Gasteiger partial charge in [-0.15, -0.1) is 0 Å². The van der Waals surface area contributed by atoms with E-state index in [1.165, 1.54) is 17.3 Å². The molecule has 4 nitrogen and oxygen atoms in total. The molecule has 0 aliphatic heterocycles. The first kappa shape index (κ1) is 23.4. The summed E-state index contributed by atoms with van der Waals surface area (Å²) >= 11 is 7.47. The Morgan fingerprint density at radius 3 is 2.79 bits per heavy atom. The van der Waals surface area contributed by atoms with Crippen LogP contribution in [-0.2, 0) is 17.6 Å². The first-order valence-electron chi connectivity index (χ1n) is 11.2. The van der Waals surface area contributed by atoms with E-state index in [0.717, 1.165) is 36.1 Å². The number of nitrogens with zero attached hydrogens (tertiary/aromatic N) is 2. The fraction of sp³-hybridized carbons (Fsp3) is 0.296. The molecule has 3 aromatic rings. The molecule has 0 saturated carbocycles. The van der Waals surface area contributed by atoms with Gasteiger partial charge in [-0.25, -0.2) is 4.98 Å². The molecule has 6 heteroatoms. The molecular weight excluding hydrogens is 450 g/mol. The van der Waals surface area contributed by atoms with Gasteiger partial charge in [-0.1, -0.05) is 66.7 Å². The highest BCUT2D eigenvalue weighted by atomic mass is 35.5. The highest BCUT2D eigenvalue weighted by Gasteiger charge is 2.26. The third-order valence-electron chi connectivity index (χ3n) is 6.12. The van der Waals surface area contributed by atoms with Gasteiger partial charge in [-0.2, -0.15) is 5.26 Å². The van der Waals surface area contributed by atoms with Crippen molar-refractivity contribution in [2.45, 2.75) is 55.7 Å². The van der Waals surface area contributed by atoms with Crippen molar-refractivity contribution in [1.29, 1.82) is 5.26 Å². The lowest BCUT2D eigenvalue weighted by Crippen LogP contribution is -2.25. The van der Waals surface area contributed by atoms with Crippen LogP contribution >= 0.6 is 23.4 Å². The zero-order chi connectivity index (χ0) is 23.4. The Hall–Kier alpha value is -2.81. The molecule has 1 aliphatic carbocycles. The summed E-state index contributed by atoms with van der Waals surface area (Å²) < 4.78 is 0. The van der Waals surface area contributed by atoms with E-state index in [1.807, 2.05) is 32.0 Å². The maximum Gasteiger partial charge on any atom is 0.237 e. The molecule has 1 aromatic heterocycles. The molecule has 0 radical (unpaired) electrons. The number of anilines is 1. The highest BCUT2D eigenvalue weighted by molar-refractivity contribution is 8.00. The molecule has 168 valence electrons. The van der Waals surface area contributed by atoms with E-state index in [-0.39, 0.29) is 11.2 Å². The molecule has 33 heavy (non-hydrogen) atoms. The number of fused-ring (bicyclic) bond motifs is 1. The van der Waals surface area contributed by atoms with Gasteiger partial charge in [0, 0.05) is 16.4 Å². The number of hydrogen-bond donors (Lipinski definition) is 1. The number of rotatable bonds is 6. The average Bonchev–Trinajstić information content (AvgIpc) is 2.84. The van der Waals surface area contributed by atoms with Crippen LogP contribution in [0.1, 0.15) is 53.6 Å². The molecule has 1 aliphatic rings. The summed E-state index contributed by atoms with van der Waals surface area (Å²) in [6, 6.07) is 20.2. The SMILES string of the molecule is CCC(Sc1nc2c(cc1C#N)CC(c1ccccc1)CC2)C(=O)Nc1cc(Cl)ccc1C. The Kier molecular flexibility index (Phi) is 7.37. The first-order valence-corrected chi connectivity index (χ1v) is 12.5. The summed E-state index contributed by atoms with van der Waals surface area (Å²) in [6.07, 6.45) is 3.41. The van der Waals surface area contributed by atoms with Gasteiger partial charge in [-0.05, 0) is 73.4 Å². The number of benzene rings is 2. The smallest absolute Gasteiger partial charge is 0.237 e. The number of carbonyl (C=O) groups is 1. The highest BCUT2D eigenvalue weighted by Crippen LogP contribution is 2.36. The minimum atomic E-state index is -0.360. The van der Waals surface area contributed by atoms with Gasteiger partial charge >= 0.3 is 0 Å². The first-order chi connectivity index (χ1) is 16.0. The topological polar surface area (TPSA) is 65.8 Å². The van der Waals surface area contributed by atoms with Crippen molar-refractivity contribution in [3.63, 3.8) is 0 Å². The van der Waals surface area contributed by atoms with Crippen molar-refractivity contribution in [2.75, 3.05) is 5.32 Å². The van der Waals surface area contributed by atoms with Crippen molar-refractivity contribution in [3.8, 4) is 6.07 Å². The summed E-state index contributed by atoms with van der Waals surface area (Å²) in [6.45, 7) is 3.90. The molecular formula is C27H26ClN3OS. The predicted octanol–water partition coefficient (Wildman–Crippen LogP) is 6.70. The van der Waals surface area contributed by atoms with E-state index in [2.05, 4.69) is 35.7 Å². The fourth-order valence-electron chi connectivity index (χ4n) is 4.22. The molecule has 2 atom stereocenters. The van der Waals surface area contributed by atoms with Crippen molar-refractivity contribution in [1.82, 2.24) is 4.98 Å². The molecule has 2 unspecified atom stereocenters. The van der Waals surface area contributed by atoms with Gasteiger partial charge in [0.2, 0.25) is 5.91 Å². The summed E-state index contributed by atoms with van der Waals surface area (Å²) in [4.78, 5) is 17.9. The van der Waals surface area contributed by atoms with Crippen molar-refractivity contribution < 1.29 is 4.79 Å².